The minimum Gasteiger partial charge on any atom is -0.440 e. The number of aryl methyl sites for hydroxylation is 1. The molecule has 2 aliphatic carbocycles. The first-order valence-electron chi connectivity index (χ1n) is 27.4. The standard InChI is InChI=1S/C67H78BN3O/c1-41-33-55-59-56(34-41)70(45-25-23-42(24-26-45)61(2,3)4)60-58(48-39-50-51(40-57(48)72-60)65(13,14)32-31-64(50,11)12)68(59)52-28-27-46(71-53-22-18-17-21-49(53)66(15)29-19-20-30-67(66,71)16)38-54(52)69(55)47-36-43(62(5,6)7)35-44(37-47)63(8,9)10/h17-18,21-28,33-40H,19-20,29-32H2,1-16H3. The van der Waals surface area contributed by atoms with Gasteiger partial charge in [-0.2, -0.15) is 0 Å². The van der Waals surface area contributed by atoms with Crippen LogP contribution in [-0.4, -0.2) is 12.3 Å². The van der Waals surface area contributed by atoms with Crippen LogP contribution in [-0.2, 0) is 32.5 Å². The van der Waals surface area contributed by atoms with E-state index in [0.29, 0.717) is 0 Å². The van der Waals surface area contributed by atoms with Gasteiger partial charge >= 0.3 is 0 Å². The van der Waals surface area contributed by atoms with E-state index in [1.807, 2.05) is 0 Å². The first-order chi connectivity index (χ1) is 33.7. The summed E-state index contributed by atoms with van der Waals surface area (Å²) in [4.78, 5) is 7.93. The second kappa shape index (κ2) is 15.2. The molecule has 12 rings (SSSR count). The molecule has 6 aromatic carbocycles. The quantitative estimate of drug-likeness (QED) is 0.165. The predicted molar refractivity (Wildman–Crippen MR) is 309 cm³/mol. The van der Waals surface area contributed by atoms with Crippen molar-refractivity contribution in [2.45, 2.75) is 187 Å². The van der Waals surface area contributed by atoms with Gasteiger partial charge in [0.25, 0.3) is 6.71 Å². The predicted octanol–water partition coefficient (Wildman–Crippen LogP) is 16.8. The fourth-order valence-electron chi connectivity index (χ4n) is 14.2. The Morgan fingerprint density at radius 2 is 1.07 bits per heavy atom. The molecule has 5 heteroatoms. The van der Waals surface area contributed by atoms with Crippen molar-refractivity contribution < 1.29 is 4.42 Å². The molecule has 4 nitrogen and oxygen atoms in total. The summed E-state index contributed by atoms with van der Waals surface area (Å²) in [6.45, 7) is 38.2. The topological polar surface area (TPSA) is 22.9 Å². The number of para-hydroxylation sites is 1. The Bertz CT molecular complexity index is 3350. The average molecular weight is 952 g/mol. The lowest BCUT2D eigenvalue weighted by Crippen LogP contribution is -2.61. The zero-order valence-corrected chi connectivity index (χ0v) is 46.5. The molecule has 0 saturated heterocycles. The van der Waals surface area contributed by atoms with Crippen LogP contribution >= 0.6 is 0 Å². The van der Waals surface area contributed by atoms with E-state index in [9.17, 15) is 0 Å². The highest BCUT2D eigenvalue weighted by molar-refractivity contribution is 7.01. The first-order valence-corrected chi connectivity index (χ1v) is 27.4. The molecule has 1 aromatic heterocycles. The molecule has 3 aliphatic heterocycles. The van der Waals surface area contributed by atoms with Gasteiger partial charge in [-0.25, -0.2) is 0 Å². The van der Waals surface area contributed by atoms with E-state index >= 15 is 0 Å². The summed E-state index contributed by atoms with van der Waals surface area (Å²) in [6, 6.07) is 43.7. The molecule has 7 aromatic rings. The van der Waals surface area contributed by atoms with Gasteiger partial charge in [-0.1, -0.05) is 152 Å². The van der Waals surface area contributed by atoms with Crippen LogP contribution in [0.1, 0.15) is 181 Å². The zero-order chi connectivity index (χ0) is 51.0. The molecule has 0 N–H and O–H groups in total. The summed E-state index contributed by atoms with van der Waals surface area (Å²) < 4.78 is 7.54. The van der Waals surface area contributed by atoms with Crippen molar-refractivity contribution in [2.24, 2.45) is 0 Å². The van der Waals surface area contributed by atoms with Gasteiger partial charge in [0.1, 0.15) is 5.58 Å². The number of anilines is 8. The lowest BCUT2D eigenvalue weighted by Gasteiger charge is -2.50. The van der Waals surface area contributed by atoms with Gasteiger partial charge in [0.05, 0.1) is 5.54 Å². The second-order valence-electron chi connectivity index (χ2n) is 27.8. The normalized spacial score (nSPS) is 21.8. The monoisotopic (exact) mass is 952 g/mol. The van der Waals surface area contributed by atoms with Crippen LogP contribution in [0.3, 0.4) is 0 Å². The van der Waals surface area contributed by atoms with Crippen LogP contribution < -0.4 is 31.1 Å². The van der Waals surface area contributed by atoms with Gasteiger partial charge in [0, 0.05) is 56.1 Å². The van der Waals surface area contributed by atoms with Gasteiger partial charge in [-0.3, -0.25) is 4.90 Å². The number of fused-ring (bicyclic) bond motifs is 10. The molecule has 1 fully saturated rings. The highest BCUT2D eigenvalue weighted by Crippen LogP contribution is 2.61. The molecule has 0 bridgehead atoms. The lowest BCUT2D eigenvalue weighted by atomic mass is 9.33. The van der Waals surface area contributed by atoms with E-state index in [-0.39, 0.29) is 44.7 Å². The van der Waals surface area contributed by atoms with E-state index < -0.39 is 0 Å². The van der Waals surface area contributed by atoms with Gasteiger partial charge in [-0.15, -0.1) is 0 Å². The second-order valence-corrected chi connectivity index (χ2v) is 27.8. The average Bonchev–Trinajstić information content (AvgIpc) is 3.78. The number of furan rings is 1. The summed E-state index contributed by atoms with van der Waals surface area (Å²) in [5.74, 6) is 0.938. The van der Waals surface area contributed by atoms with Crippen molar-refractivity contribution in [3.8, 4) is 0 Å². The SMILES string of the molecule is Cc1cc2c3c(c1)N(c1ccc(C(C)(C)C)cc1)c1oc4cc5c(cc4c1B3c1ccc(N3c4ccccc4C4(C)CCCCC34C)cc1N2c1cc(C(C)(C)C)cc(C(C)(C)C)c1)C(C)(C)CCC5(C)C. The highest BCUT2D eigenvalue weighted by Gasteiger charge is 2.58. The Kier molecular flexibility index (Phi) is 10.00. The number of nitrogens with zero attached hydrogens (tertiary/aromatic N) is 3. The van der Waals surface area contributed by atoms with Crippen molar-refractivity contribution in [1.29, 1.82) is 0 Å². The lowest BCUT2D eigenvalue weighted by molar-refractivity contribution is 0.195. The molecule has 2 atom stereocenters. The van der Waals surface area contributed by atoms with E-state index in [1.54, 1.807) is 0 Å². The van der Waals surface area contributed by atoms with Crippen molar-refractivity contribution in [2.75, 3.05) is 14.7 Å². The van der Waals surface area contributed by atoms with Crippen molar-refractivity contribution in [3.63, 3.8) is 0 Å². The molecule has 0 radical (unpaired) electrons. The van der Waals surface area contributed by atoms with E-state index in [0.717, 1.165) is 36.4 Å². The molecule has 72 heavy (non-hydrogen) atoms. The third-order valence-electron chi connectivity index (χ3n) is 19.0. The maximum absolute atomic E-state index is 7.54. The number of rotatable bonds is 3. The molecule has 0 spiro atoms. The fourth-order valence-corrected chi connectivity index (χ4v) is 14.2. The van der Waals surface area contributed by atoms with Crippen LogP contribution in [0.15, 0.2) is 114 Å². The molecular formula is C67H78BN3O. The minimum absolute atomic E-state index is 0.0258. The minimum atomic E-state index is -0.0794. The van der Waals surface area contributed by atoms with Crippen molar-refractivity contribution in [3.05, 3.63) is 148 Å². The van der Waals surface area contributed by atoms with E-state index in [4.69, 9.17) is 4.42 Å². The van der Waals surface area contributed by atoms with E-state index in [2.05, 4.69) is 235 Å². The molecule has 1 saturated carbocycles. The number of hydrogen-bond donors (Lipinski definition) is 0. The summed E-state index contributed by atoms with van der Waals surface area (Å²) >= 11 is 0. The first kappa shape index (κ1) is 47.3. The van der Waals surface area contributed by atoms with Crippen LogP contribution in [0.5, 0.6) is 0 Å². The van der Waals surface area contributed by atoms with Crippen LogP contribution in [0.25, 0.3) is 11.0 Å². The molecule has 2 unspecified atom stereocenters. The smallest absolute Gasteiger partial charge is 0.257 e. The summed E-state index contributed by atoms with van der Waals surface area (Å²) in [5, 5.41) is 1.24. The van der Waals surface area contributed by atoms with Gasteiger partial charge in [-0.05, 0) is 183 Å². The molecule has 5 aliphatic rings. The molecular weight excluding hydrogens is 874 g/mol. The zero-order valence-electron chi connectivity index (χ0n) is 46.5. The molecule has 0 amide bonds. The Labute approximate surface area is 432 Å². The van der Waals surface area contributed by atoms with Crippen molar-refractivity contribution >= 4 is 79.8 Å². The van der Waals surface area contributed by atoms with Gasteiger partial charge < -0.3 is 14.2 Å². The Morgan fingerprint density at radius 1 is 0.486 bits per heavy atom. The maximum atomic E-state index is 7.54. The van der Waals surface area contributed by atoms with Gasteiger partial charge in [0.15, 0.2) is 0 Å². The third-order valence-corrected chi connectivity index (χ3v) is 19.0. The number of hydrogen-bond acceptors (Lipinski definition) is 4. The highest BCUT2D eigenvalue weighted by atomic mass is 16.4. The molecule has 4 heterocycles. The van der Waals surface area contributed by atoms with Crippen molar-refractivity contribution in [1.82, 2.24) is 0 Å². The summed E-state index contributed by atoms with van der Waals surface area (Å²) in [5.41, 5.74) is 23.2. The van der Waals surface area contributed by atoms with Crippen LogP contribution in [0.4, 0.5) is 45.7 Å². The Hall–Kier alpha value is -5.68. The maximum Gasteiger partial charge on any atom is 0.257 e. The largest absolute Gasteiger partial charge is 0.440 e. The van der Waals surface area contributed by atoms with Crippen LogP contribution in [0, 0.1) is 6.92 Å². The summed E-state index contributed by atoms with van der Waals surface area (Å²) in [6.07, 6.45) is 7.17. The third kappa shape index (κ3) is 6.76. The Balaban J connectivity index is 1.20. The van der Waals surface area contributed by atoms with Crippen LogP contribution in [0.2, 0.25) is 0 Å². The van der Waals surface area contributed by atoms with Gasteiger partial charge in [0.2, 0.25) is 5.88 Å². The molecule has 370 valence electrons. The fraction of sp³-hybridized carbons (Fsp3) is 0.433. The Morgan fingerprint density at radius 3 is 1.71 bits per heavy atom. The van der Waals surface area contributed by atoms with E-state index in [1.165, 1.54) is 114 Å². The number of benzene rings is 6. The summed E-state index contributed by atoms with van der Waals surface area (Å²) in [7, 11) is 0.